The molecule has 19 heavy (non-hydrogen) atoms. The number of piperidine rings is 1. The van der Waals surface area contributed by atoms with E-state index in [4.69, 9.17) is 0 Å². The highest BCUT2D eigenvalue weighted by Crippen LogP contribution is 2.24. The van der Waals surface area contributed by atoms with Gasteiger partial charge in [-0.2, -0.15) is 0 Å². The van der Waals surface area contributed by atoms with E-state index < -0.39 is 0 Å². The number of hydrogen-bond donors (Lipinski definition) is 1. The molecule has 1 N–H and O–H groups in total. The van der Waals surface area contributed by atoms with Gasteiger partial charge in [0.2, 0.25) is 5.91 Å². The third kappa shape index (κ3) is 5.13. The maximum atomic E-state index is 12.2. The van der Waals surface area contributed by atoms with Gasteiger partial charge in [-0.15, -0.1) is 0 Å². The largest absolute Gasteiger partial charge is 0.345 e. The number of nitrogens with zero attached hydrogens (tertiary/aromatic N) is 1. The minimum atomic E-state index is 0.345. The highest BCUT2D eigenvalue weighted by Gasteiger charge is 2.19. The van der Waals surface area contributed by atoms with Gasteiger partial charge in [0, 0.05) is 26.1 Å². The lowest BCUT2D eigenvalue weighted by molar-refractivity contribution is -0.130. The third-order valence-electron chi connectivity index (χ3n) is 4.80. The van der Waals surface area contributed by atoms with Crippen LogP contribution in [0.25, 0.3) is 0 Å². The van der Waals surface area contributed by atoms with Crippen LogP contribution in [-0.2, 0) is 4.79 Å². The number of amides is 1. The van der Waals surface area contributed by atoms with Gasteiger partial charge in [0.15, 0.2) is 0 Å². The predicted octanol–water partition coefficient (Wildman–Crippen LogP) is 2.95. The van der Waals surface area contributed by atoms with Crippen LogP contribution in [0.3, 0.4) is 0 Å². The lowest BCUT2D eigenvalue weighted by Crippen LogP contribution is -2.37. The molecule has 1 amide bonds. The van der Waals surface area contributed by atoms with Crippen LogP contribution in [0.1, 0.15) is 64.2 Å². The molecule has 2 fully saturated rings. The first-order valence-corrected chi connectivity index (χ1v) is 8.23. The number of carbonyl (C=O) groups excluding carboxylic acids is 1. The van der Waals surface area contributed by atoms with Crippen LogP contribution in [0.15, 0.2) is 0 Å². The van der Waals surface area contributed by atoms with E-state index in [0.717, 1.165) is 31.8 Å². The second-order valence-corrected chi connectivity index (χ2v) is 6.46. The molecular formula is C16H30N2O. The minimum absolute atomic E-state index is 0.345. The number of nitrogens with one attached hydrogen (secondary N) is 1. The first-order valence-electron chi connectivity index (χ1n) is 8.23. The topological polar surface area (TPSA) is 32.3 Å². The third-order valence-corrected chi connectivity index (χ3v) is 4.80. The summed E-state index contributed by atoms with van der Waals surface area (Å²) in [5.74, 6) is 1.11. The van der Waals surface area contributed by atoms with Gasteiger partial charge in [0.05, 0.1) is 0 Å². The summed E-state index contributed by atoms with van der Waals surface area (Å²) in [7, 11) is 1.99. The fourth-order valence-corrected chi connectivity index (χ4v) is 3.52. The molecular weight excluding hydrogens is 236 g/mol. The Labute approximate surface area is 118 Å². The van der Waals surface area contributed by atoms with E-state index in [0.29, 0.717) is 11.9 Å². The molecule has 1 aliphatic carbocycles. The van der Waals surface area contributed by atoms with E-state index in [1.165, 1.54) is 51.4 Å². The zero-order chi connectivity index (χ0) is 13.5. The molecule has 1 saturated carbocycles. The summed E-state index contributed by atoms with van der Waals surface area (Å²) in [6.45, 7) is 2.12. The van der Waals surface area contributed by atoms with Gasteiger partial charge in [0.25, 0.3) is 0 Å². The summed E-state index contributed by atoms with van der Waals surface area (Å²) in [6, 6.07) is 0.584. The SMILES string of the molecule is CN(CC1CCCCC1)C(=O)CCC1CCCCN1. The Kier molecular flexibility index (Phi) is 6.15. The van der Waals surface area contributed by atoms with Crippen molar-refractivity contribution in [1.29, 1.82) is 0 Å². The maximum absolute atomic E-state index is 12.2. The van der Waals surface area contributed by atoms with Gasteiger partial charge in [0.1, 0.15) is 0 Å². The van der Waals surface area contributed by atoms with Gasteiger partial charge in [-0.25, -0.2) is 0 Å². The van der Waals surface area contributed by atoms with Crippen LogP contribution in [-0.4, -0.2) is 37.0 Å². The molecule has 1 saturated heterocycles. The molecule has 1 aliphatic heterocycles. The van der Waals surface area contributed by atoms with E-state index in [1.54, 1.807) is 0 Å². The zero-order valence-electron chi connectivity index (χ0n) is 12.5. The second kappa shape index (κ2) is 7.88. The summed E-state index contributed by atoms with van der Waals surface area (Å²) in [5.41, 5.74) is 0. The van der Waals surface area contributed by atoms with Gasteiger partial charge >= 0.3 is 0 Å². The van der Waals surface area contributed by atoms with Crippen LogP contribution in [0.5, 0.6) is 0 Å². The maximum Gasteiger partial charge on any atom is 0.222 e. The number of carbonyl (C=O) groups is 1. The summed E-state index contributed by atoms with van der Waals surface area (Å²) < 4.78 is 0. The van der Waals surface area contributed by atoms with Crippen molar-refractivity contribution in [3.05, 3.63) is 0 Å². The zero-order valence-corrected chi connectivity index (χ0v) is 12.5. The molecule has 3 heteroatoms. The Balaban J connectivity index is 1.63. The van der Waals surface area contributed by atoms with E-state index >= 15 is 0 Å². The van der Waals surface area contributed by atoms with Crippen molar-refractivity contribution in [2.24, 2.45) is 5.92 Å². The Morgan fingerprint density at radius 1 is 1.11 bits per heavy atom. The summed E-state index contributed by atoms with van der Waals surface area (Å²) in [5, 5.41) is 3.52. The molecule has 1 atom stereocenters. The van der Waals surface area contributed by atoms with Crippen LogP contribution in [0, 0.1) is 5.92 Å². The van der Waals surface area contributed by atoms with Crippen molar-refractivity contribution >= 4 is 5.91 Å². The fourth-order valence-electron chi connectivity index (χ4n) is 3.52. The average Bonchev–Trinajstić information content (AvgIpc) is 2.47. The van der Waals surface area contributed by atoms with E-state index in [9.17, 15) is 4.79 Å². The molecule has 2 aliphatic rings. The molecule has 2 rings (SSSR count). The Morgan fingerprint density at radius 3 is 2.53 bits per heavy atom. The van der Waals surface area contributed by atoms with Gasteiger partial charge in [-0.05, 0) is 44.6 Å². The second-order valence-electron chi connectivity index (χ2n) is 6.46. The van der Waals surface area contributed by atoms with E-state index in [2.05, 4.69) is 5.32 Å². The monoisotopic (exact) mass is 266 g/mol. The lowest BCUT2D eigenvalue weighted by Gasteiger charge is -2.28. The van der Waals surface area contributed by atoms with E-state index in [-0.39, 0.29) is 0 Å². The normalized spacial score (nSPS) is 25.2. The van der Waals surface area contributed by atoms with Crippen molar-refractivity contribution in [3.8, 4) is 0 Å². The molecule has 0 radical (unpaired) electrons. The minimum Gasteiger partial charge on any atom is -0.345 e. The smallest absolute Gasteiger partial charge is 0.222 e. The molecule has 0 bridgehead atoms. The number of hydrogen-bond acceptors (Lipinski definition) is 2. The summed E-state index contributed by atoms with van der Waals surface area (Å²) >= 11 is 0. The van der Waals surface area contributed by atoms with Crippen molar-refractivity contribution in [2.45, 2.75) is 70.3 Å². The molecule has 1 heterocycles. The molecule has 3 nitrogen and oxygen atoms in total. The van der Waals surface area contributed by atoms with Gasteiger partial charge in [-0.3, -0.25) is 4.79 Å². The summed E-state index contributed by atoms with van der Waals surface area (Å²) in [4.78, 5) is 14.1. The first kappa shape index (κ1) is 14.8. The van der Waals surface area contributed by atoms with E-state index in [1.807, 2.05) is 11.9 Å². The molecule has 110 valence electrons. The van der Waals surface area contributed by atoms with Crippen molar-refractivity contribution in [2.75, 3.05) is 20.1 Å². The molecule has 0 aromatic rings. The van der Waals surface area contributed by atoms with Crippen molar-refractivity contribution < 1.29 is 4.79 Å². The van der Waals surface area contributed by atoms with Gasteiger partial charge in [-0.1, -0.05) is 25.7 Å². The van der Waals surface area contributed by atoms with Crippen molar-refractivity contribution in [1.82, 2.24) is 10.2 Å². The average molecular weight is 266 g/mol. The first-order chi connectivity index (χ1) is 9.25. The predicted molar refractivity (Wildman–Crippen MR) is 79.1 cm³/mol. The Bertz CT molecular complexity index is 268. The molecule has 0 aromatic carbocycles. The summed E-state index contributed by atoms with van der Waals surface area (Å²) in [6.07, 6.45) is 12.4. The fraction of sp³-hybridized carbons (Fsp3) is 0.938. The van der Waals surface area contributed by atoms with Gasteiger partial charge < -0.3 is 10.2 Å². The van der Waals surface area contributed by atoms with Crippen molar-refractivity contribution in [3.63, 3.8) is 0 Å². The van der Waals surface area contributed by atoms with Crippen LogP contribution < -0.4 is 5.32 Å². The lowest BCUT2D eigenvalue weighted by atomic mass is 9.89. The quantitative estimate of drug-likeness (QED) is 0.830. The number of rotatable bonds is 5. The Morgan fingerprint density at radius 2 is 1.84 bits per heavy atom. The molecule has 0 spiro atoms. The highest BCUT2D eigenvalue weighted by molar-refractivity contribution is 5.75. The molecule has 0 aromatic heterocycles. The highest BCUT2D eigenvalue weighted by atomic mass is 16.2. The Hall–Kier alpha value is -0.570. The van der Waals surface area contributed by atoms with Crippen LogP contribution in [0.4, 0.5) is 0 Å². The standard InChI is InChI=1S/C16H30N2O/c1-18(13-14-7-3-2-4-8-14)16(19)11-10-15-9-5-6-12-17-15/h14-15,17H,2-13H2,1H3. The molecule has 1 unspecified atom stereocenters. The van der Waals surface area contributed by atoms with Crippen LogP contribution in [0.2, 0.25) is 0 Å². The van der Waals surface area contributed by atoms with Crippen LogP contribution >= 0.6 is 0 Å².